The van der Waals surface area contributed by atoms with Crippen LogP contribution in [-0.2, 0) is 20.8 Å². The highest BCUT2D eigenvalue weighted by Crippen LogP contribution is 2.33. The molecule has 15 heteroatoms. The molecule has 2 aromatic carbocycles. The number of sulfone groups is 1. The molecule has 0 aliphatic rings. The van der Waals surface area contributed by atoms with Crippen molar-refractivity contribution in [2.45, 2.75) is 23.6 Å². The van der Waals surface area contributed by atoms with Gasteiger partial charge in [0.25, 0.3) is 11.0 Å². The number of nitriles is 1. The molecule has 178 valence electrons. The number of carbonyl (C=O) groups is 1. The summed E-state index contributed by atoms with van der Waals surface area (Å²) in [5.41, 5.74) is -4.86. The number of nitrogens with zero attached hydrogens (tertiary/aromatic N) is 2. The summed E-state index contributed by atoms with van der Waals surface area (Å²) in [4.78, 5) is 20.3. The first-order valence-electron chi connectivity index (χ1n) is 8.46. The highest BCUT2D eigenvalue weighted by Gasteiger charge is 2.38. The monoisotopic (exact) mass is 493 g/mol. The van der Waals surface area contributed by atoms with Crippen LogP contribution >= 0.6 is 0 Å². The van der Waals surface area contributed by atoms with Crippen molar-refractivity contribution in [1.29, 1.82) is 5.26 Å². The number of hydrogen-bond acceptors (Lipinski definition) is 7. The first-order valence-corrected chi connectivity index (χ1v) is 10.1. The Hall–Kier alpha value is -3.77. The number of hydrogen-bond donors (Lipinski definition) is 3. The van der Waals surface area contributed by atoms with Gasteiger partial charge < -0.3 is 15.6 Å². The minimum Gasteiger partial charge on any atom is -0.379 e. The normalized spacial score (nSPS) is 13.0. The van der Waals surface area contributed by atoms with Crippen LogP contribution in [0.5, 0.6) is 0 Å². The fourth-order valence-electron chi connectivity index (χ4n) is 2.38. The van der Waals surface area contributed by atoms with Crippen molar-refractivity contribution in [3.63, 3.8) is 0 Å². The van der Waals surface area contributed by atoms with Gasteiger partial charge in [-0.2, -0.15) is 18.4 Å². The van der Waals surface area contributed by atoms with Gasteiger partial charge >= 0.3 is 6.18 Å². The third-order valence-corrected chi connectivity index (χ3v) is 5.77. The summed E-state index contributed by atoms with van der Waals surface area (Å²) in [7, 11) is -4.21. The van der Waals surface area contributed by atoms with E-state index in [4.69, 9.17) is 20.6 Å². The largest absolute Gasteiger partial charge is 0.417 e. The van der Waals surface area contributed by atoms with E-state index in [1.54, 1.807) is 0 Å². The van der Waals surface area contributed by atoms with E-state index in [2.05, 4.69) is 0 Å². The molecule has 0 aromatic heterocycles. The van der Waals surface area contributed by atoms with Crippen LogP contribution in [0.3, 0.4) is 0 Å². The van der Waals surface area contributed by atoms with Gasteiger partial charge in [-0.25, -0.2) is 12.8 Å². The van der Waals surface area contributed by atoms with Crippen LogP contribution in [-0.4, -0.2) is 41.1 Å². The van der Waals surface area contributed by atoms with E-state index in [0.717, 1.165) is 43.3 Å². The molecular formula is C18H15F4N3O7S. The summed E-state index contributed by atoms with van der Waals surface area (Å²) in [6, 6.07) is 7.40. The average Bonchev–Trinajstić information content (AvgIpc) is 2.66. The molecule has 0 radical (unpaired) electrons. The fraction of sp³-hybridized carbons (Fsp3) is 0.222. The molecule has 3 N–H and O–H groups in total. The van der Waals surface area contributed by atoms with Crippen LogP contribution in [0.25, 0.3) is 0 Å². The van der Waals surface area contributed by atoms with Crippen LogP contribution in [0.2, 0.25) is 0 Å². The summed E-state index contributed by atoms with van der Waals surface area (Å²) < 4.78 is 76.6. The molecule has 0 saturated heterocycles. The number of alkyl halides is 3. The van der Waals surface area contributed by atoms with Gasteiger partial charge in [-0.1, -0.05) is 0 Å². The Kier molecular flexibility index (Phi) is 8.45. The summed E-state index contributed by atoms with van der Waals surface area (Å²) in [5.74, 6) is -3.06. The number of aliphatic hydroxyl groups is 1. The zero-order chi connectivity index (χ0) is 25.6. The van der Waals surface area contributed by atoms with Gasteiger partial charge in [0.2, 0.25) is 0 Å². The van der Waals surface area contributed by atoms with Gasteiger partial charge in [0.15, 0.2) is 15.4 Å². The van der Waals surface area contributed by atoms with Crippen molar-refractivity contribution in [3.8, 4) is 6.07 Å². The number of carbonyl (C=O) groups excluding carboxylic acids is 1. The Balaban J connectivity index is 0.00000125. The van der Waals surface area contributed by atoms with Crippen LogP contribution in [0.15, 0.2) is 47.4 Å². The van der Waals surface area contributed by atoms with Crippen LogP contribution < -0.4 is 5.32 Å². The second kappa shape index (κ2) is 10.2. The molecule has 1 amide bonds. The topological polar surface area (TPSA) is 171 Å². The van der Waals surface area contributed by atoms with Crippen molar-refractivity contribution in [1.82, 2.24) is 0 Å². The molecule has 0 heterocycles. The molecular weight excluding hydrogens is 478 g/mol. The fourth-order valence-corrected chi connectivity index (χ4v) is 3.97. The van der Waals surface area contributed by atoms with Gasteiger partial charge in [-0.3, -0.25) is 4.79 Å². The zero-order valence-corrected chi connectivity index (χ0v) is 17.3. The highest BCUT2D eigenvalue weighted by molar-refractivity contribution is 7.91. The Labute approximate surface area is 183 Å². The molecule has 1 atom stereocenters. The molecule has 2 aromatic rings. The van der Waals surface area contributed by atoms with Crippen molar-refractivity contribution >= 4 is 21.4 Å². The van der Waals surface area contributed by atoms with E-state index < -0.39 is 55.3 Å². The maximum Gasteiger partial charge on any atom is 0.417 e. The van der Waals surface area contributed by atoms with Gasteiger partial charge in [-0.15, -0.1) is 10.1 Å². The van der Waals surface area contributed by atoms with E-state index >= 15 is 0 Å². The summed E-state index contributed by atoms with van der Waals surface area (Å²) in [5, 5.41) is 34.7. The number of nitrogens with one attached hydrogen (secondary N) is 1. The molecule has 0 fully saturated rings. The summed E-state index contributed by atoms with van der Waals surface area (Å²) >= 11 is 0. The maximum atomic E-state index is 13.0. The SMILES string of the molecule is CC(O)(CS(=O)(=O)c1ccc(F)cc1)C(=O)Nc1ccc(C#N)c(C(F)(F)F)c1.O=[N+]([O-])O. The molecule has 33 heavy (non-hydrogen) atoms. The lowest BCUT2D eigenvalue weighted by Crippen LogP contribution is -2.45. The predicted octanol–water partition coefficient (Wildman–Crippen LogP) is 2.53. The smallest absolute Gasteiger partial charge is 0.379 e. The molecule has 0 bridgehead atoms. The molecule has 0 saturated carbocycles. The highest BCUT2D eigenvalue weighted by atomic mass is 32.2. The molecule has 2 rings (SSSR count). The van der Waals surface area contributed by atoms with E-state index in [-0.39, 0.29) is 10.6 Å². The van der Waals surface area contributed by atoms with Crippen LogP contribution in [0, 0.1) is 27.3 Å². The number of rotatable bonds is 5. The van der Waals surface area contributed by atoms with E-state index in [1.807, 2.05) is 5.32 Å². The molecule has 1 unspecified atom stereocenters. The van der Waals surface area contributed by atoms with Gasteiger partial charge in [0, 0.05) is 5.69 Å². The van der Waals surface area contributed by atoms with Gasteiger partial charge in [-0.05, 0) is 49.4 Å². The van der Waals surface area contributed by atoms with E-state index in [0.29, 0.717) is 6.07 Å². The molecule has 0 aliphatic carbocycles. The van der Waals surface area contributed by atoms with E-state index in [1.165, 1.54) is 6.07 Å². The minimum absolute atomic E-state index is 0.343. The lowest BCUT2D eigenvalue weighted by atomic mass is 10.1. The molecule has 0 aliphatic heterocycles. The van der Waals surface area contributed by atoms with Crippen molar-refractivity contribution in [3.05, 3.63) is 69.5 Å². The number of benzene rings is 2. The van der Waals surface area contributed by atoms with Crippen LogP contribution in [0.1, 0.15) is 18.1 Å². The first-order chi connectivity index (χ1) is 15.0. The number of anilines is 1. The Morgan fingerprint density at radius 3 is 2.18 bits per heavy atom. The number of halogens is 4. The Morgan fingerprint density at radius 2 is 1.73 bits per heavy atom. The lowest BCUT2D eigenvalue weighted by molar-refractivity contribution is -0.742. The quantitative estimate of drug-likeness (QED) is 0.247. The van der Waals surface area contributed by atoms with Gasteiger partial charge in [0.1, 0.15) is 5.82 Å². The second-order valence-electron chi connectivity index (χ2n) is 6.55. The molecule has 10 nitrogen and oxygen atoms in total. The third-order valence-electron chi connectivity index (χ3n) is 3.84. The summed E-state index contributed by atoms with van der Waals surface area (Å²) in [6.07, 6.45) is -4.86. The lowest BCUT2D eigenvalue weighted by Gasteiger charge is -2.22. The van der Waals surface area contributed by atoms with E-state index in [9.17, 15) is 35.9 Å². The second-order valence-corrected chi connectivity index (χ2v) is 8.54. The summed E-state index contributed by atoms with van der Waals surface area (Å²) in [6.45, 7) is 0.873. The third kappa shape index (κ3) is 8.01. The standard InChI is InChI=1S/C18H14F4N2O4S.HNO3/c1-17(26,10-29(27,28)14-6-3-12(19)4-7-14)16(25)24-13-5-2-11(9-23)15(8-13)18(20,21)22;2-1(3)4/h2-8,26H,10H2,1H3,(H,24,25);(H,2,3,4). The predicted molar refractivity (Wildman–Crippen MR) is 103 cm³/mol. The Bertz CT molecular complexity index is 1170. The van der Waals surface area contributed by atoms with Crippen LogP contribution in [0.4, 0.5) is 23.2 Å². The van der Waals surface area contributed by atoms with Crippen molar-refractivity contribution in [2.24, 2.45) is 0 Å². The zero-order valence-electron chi connectivity index (χ0n) is 16.5. The maximum absolute atomic E-state index is 13.0. The van der Waals surface area contributed by atoms with Gasteiger partial charge in [0.05, 0.1) is 27.8 Å². The van der Waals surface area contributed by atoms with Crippen molar-refractivity contribution < 1.29 is 46.2 Å². The number of amides is 1. The molecule has 0 spiro atoms. The first kappa shape index (κ1) is 27.3. The van der Waals surface area contributed by atoms with Crippen molar-refractivity contribution in [2.75, 3.05) is 11.1 Å². The average molecular weight is 493 g/mol. The minimum atomic E-state index is -4.86. The Morgan fingerprint density at radius 1 is 1.21 bits per heavy atom.